The number of hydrogen-bond donors (Lipinski definition) is 1. The molecule has 0 atom stereocenters. The summed E-state index contributed by atoms with van der Waals surface area (Å²) in [6.07, 6.45) is 10.1. The molecule has 124 valence electrons. The van der Waals surface area contributed by atoms with Gasteiger partial charge in [-0.2, -0.15) is 16.9 Å². The quantitative estimate of drug-likeness (QED) is 0.909. The maximum atomic E-state index is 12.3. The number of hydrogen-bond acceptors (Lipinski definition) is 4. The van der Waals surface area contributed by atoms with Gasteiger partial charge in [-0.25, -0.2) is 0 Å². The first-order valence-corrected chi connectivity index (χ1v) is 9.44. The average Bonchev–Trinajstić information content (AvgIpc) is 3.18. The minimum Gasteiger partial charge on any atom is -0.455 e. The van der Waals surface area contributed by atoms with Crippen LogP contribution >= 0.6 is 11.8 Å². The second-order valence-electron chi connectivity index (χ2n) is 6.18. The third-order valence-corrected chi connectivity index (χ3v) is 4.88. The molecule has 1 fully saturated rings. The zero-order valence-electron chi connectivity index (χ0n) is 13.6. The van der Waals surface area contributed by atoms with E-state index >= 15 is 0 Å². The van der Waals surface area contributed by atoms with E-state index in [2.05, 4.69) is 28.2 Å². The summed E-state index contributed by atoms with van der Waals surface area (Å²) in [6, 6.07) is 4.32. The van der Waals surface area contributed by atoms with Crippen LogP contribution in [0.5, 0.6) is 0 Å². The van der Waals surface area contributed by atoms with Gasteiger partial charge in [-0.15, -0.1) is 0 Å². The summed E-state index contributed by atoms with van der Waals surface area (Å²) in [5.41, 5.74) is 1.19. The van der Waals surface area contributed by atoms with E-state index < -0.39 is 0 Å². The topological polar surface area (TPSA) is 60.1 Å². The van der Waals surface area contributed by atoms with Crippen molar-refractivity contribution in [3.8, 4) is 0 Å². The third-order valence-electron chi connectivity index (χ3n) is 4.31. The SMILES string of the molecule is CSCc1ccc(C(=O)NC2CCC(n3cc(C)cn3)CC2)o1. The van der Waals surface area contributed by atoms with Crippen molar-refractivity contribution in [2.24, 2.45) is 0 Å². The number of carbonyl (C=O) groups is 1. The smallest absolute Gasteiger partial charge is 0.287 e. The number of rotatable bonds is 5. The summed E-state index contributed by atoms with van der Waals surface area (Å²) in [5.74, 6) is 1.96. The van der Waals surface area contributed by atoms with Gasteiger partial charge in [0.15, 0.2) is 5.76 Å². The van der Waals surface area contributed by atoms with Crippen LogP contribution in [-0.4, -0.2) is 28.0 Å². The van der Waals surface area contributed by atoms with Gasteiger partial charge in [0, 0.05) is 12.2 Å². The van der Waals surface area contributed by atoms with Gasteiger partial charge < -0.3 is 9.73 Å². The zero-order valence-corrected chi connectivity index (χ0v) is 14.4. The van der Waals surface area contributed by atoms with Crippen LogP contribution < -0.4 is 5.32 Å². The molecule has 2 heterocycles. The maximum Gasteiger partial charge on any atom is 0.287 e. The Morgan fingerprint density at radius 3 is 2.83 bits per heavy atom. The van der Waals surface area contributed by atoms with Crippen LogP contribution in [0.1, 0.15) is 53.6 Å². The van der Waals surface area contributed by atoms with Crippen LogP contribution in [0.4, 0.5) is 0 Å². The molecule has 0 spiro atoms. The number of nitrogens with zero attached hydrogens (tertiary/aromatic N) is 2. The number of thioether (sulfide) groups is 1. The van der Waals surface area contributed by atoms with Crippen LogP contribution in [-0.2, 0) is 5.75 Å². The van der Waals surface area contributed by atoms with E-state index in [4.69, 9.17) is 4.42 Å². The maximum absolute atomic E-state index is 12.3. The molecule has 0 saturated heterocycles. The molecule has 0 unspecified atom stereocenters. The Hall–Kier alpha value is -1.69. The molecule has 6 heteroatoms. The lowest BCUT2D eigenvalue weighted by Gasteiger charge is -2.29. The van der Waals surface area contributed by atoms with E-state index in [0.717, 1.165) is 37.2 Å². The second kappa shape index (κ2) is 7.25. The average molecular weight is 333 g/mol. The highest BCUT2D eigenvalue weighted by molar-refractivity contribution is 7.97. The second-order valence-corrected chi connectivity index (χ2v) is 7.04. The highest BCUT2D eigenvalue weighted by Gasteiger charge is 2.25. The van der Waals surface area contributed by atoms with Crippen LogP contribution in [0, 0.1) is 6.92 Å². The molecular formula is C17H23N3O2S. The van der Waals surface area contributed by atoms with Crippen molar-refractivity contribution in [1.82, 2.24) is 15.1 Å². The highest BCUT2D eigenvalue weighted by Crippen LogP contribution is 2.28. The van der Waals surface area contributed by atoms with Crippen LogP contribution in [0.3, 0.4) is 0 Å². The summed E-state index contributed by atoms with van der Waals surface area (Å²) in [6.45, 7) is 2.06. The molecule has 1 aliphatic carbocycles. The zero-order chi connectivity index (χ0) is 16.2. The summed E-state index contributed by atoms with van der Waals surface area (Å²) in [4.78, 5) is 12.3. The monoisotopic (exact) mass is 333 g/mol. The first-order chi connectivity index (χ1) is 11.2. The van der Waals surface area contributed by atoms with Crippen LogP contribution in [0.25, 0.3) is 0 Å². The number of nitrogens with one attached hydrogen (secondary N) is 1. The minimum atomic E-state index is -0.101. The lowest BCUT2D eigenvalue weighted by molar-refractivity contribution is 0.0892. The Morgan fingerprint density at radius 2 is 2.17 bits per heavy atom. The van der Waals surface area contributed by atoms with E-state index in [9.17, 15) is 4.79 Å². The molecule has 0 aromatic carbocycles. The molecule has 5 nitrogen and oxygen atoms in total. The van der Waals surface area contributed by atoms with Gasteiger partial charge in [-0.3, -0.25) is 9.48 Å². The molecule has 1 saturated carbocycles. The largest absolute Gasteiger partial charge is 0.455 e. The molecule has 23 heavy (non-hydrogen) atoms. The van der Waals surface area contributed by atoms with E-state index in [-0.39, 0.29) is 11.9 Å². The Balaban J connectivity index is 1.50. The number of amides is 1. The van der Waals surface area contributed by atoms with Gasteiger partial charge in [0.1, 0.15) is 5.76 Å². The molecule has 3 rings (SSSR count). The van der Waals surface area contributed by atoms with Gasteiger partial charge in [-0.1, -0.05) is 0 Å². The van der Waals surface area contributed by atoms with Gasteiger partial charge in [-0.05, 0) is 56.6 Å². The van der Waals surface area contributed by atoms with Crippen molar-refractivity contribution >= 4 is 17.7 Å². The van der Waals surface area contributed by atoms with Crippen molar-refractivity contribution in [2.45, 2.75) is 50.4 Å². The van der Waals surface area contributed by atoms with Crippen LogP contribution in [0.2, 0.25) is 0 Å². The predicted octanol–water partition coefficient (Wildman–Crippen LogP) is 3.56. The van der Waals surface area contributed by atoms with Crippen molar-refractivity contribution < 1.29 is 9.21 Å². The fraction of sp³-hybridized carbons (Fsp3) is 0.529. The van der Waals surface area contributed by atoms with Gasteiger partial charge in [0.25, 0.3) is 5.91 Å². The van der Waals surface area contributed by atoms with Crippen molar-refractivity contribution in [3.05, 3.63) is 41.6 Å². The van der Waals surface area contributed by atoms with Crippen molar-refractivity contribution in [3.63, 3.8) is 0 Å². The standard InChI is InChI=1S/C17H23N3O2S/c1-12-9-18-20(10-12)14-5-3-13(4-6-14)19-17(21)16-8-7-15(22-16)11-23-2/h7-10,13-14H,3-6,11H2,1-2H3,(H,19,21). The first-order valence-electron chi connectivity index (χ1n) is 8.05. The Morgan fingerprint density at radius 1 is 1.39 bits per heavy atom. The summed E-state index contributed by atoms with van der Waals surface area (Å²) in [5, 5.41) is 7.50. The molecule has 0 bridgehead atoms. The molecule has 1 N–H and O–H groups in total. The molecular weight excluding hydrogens is 310 g/mol. The van der Waals surface area contributed by atoms with E-state index in [1.165, 1.54) is 5.56 Å². The fourth-order valence-corrected chi connectivity index (χ4v) is 3.53. The van der Waals surface area contributed by atoms with E-state index in [0.29, 0.717) is 11.8 Å². The molecule has 1 aliphatic rings. The number of carbonyl (C=O) groups excluding carboxylic acids is 1. The lowest BCUT2D eigenvalue weighted by atomic mass is 9.91. The van der Waals surface area contributed by atoms with Crippen molar-refractivity contribution in [1.29, 1.82) is 0 Å². The van der Waals surface area contributed by atoms with Gasteiger partial charge in [0.2, 0.25) is 0 Å². The Labute approximate surface area is 140 Å². The molecule has 2 aromatic heterocycles. The van der Waals surface area contributed by atoms with E-state index in [1.54, 1.807) is 17.8 Å². The molecule has 2 aromatic rings. The number of aryl methyl sites for hydroxylation is 1. The summed E-state index contributed by atoms with van der Waals surface area (Å²) in [7, 11) is 0. The number of aromatic nitrogens is 2. The Kier molecular flexibility index (Phi) is 5.10. The third kappa shape index (κ3) is 3.99. The number of furan rings is 1. The molecule has 1 amide bonds. The summed E-state index contributed by atoms with van der Waals surface area (Å²) < 4.78 is 7.64. The predicted molar refractivity (Wildman–Crippen MR) is 91.7 cm³/mol. The highest BCUT2D eigenvalue weighted by atomic mass is 32.2. The Bertz CT molecular complexity index is 656. The van der Waals surface area contributed by atoms with Gasteiger partial charge >= 0.3 is 0 Å². The lowest BCUT2D eigenvalue weighted by Crippen LogP contribution is -2.37. The van der Waals surface area contributed by atoms with Gasteiger partial charge in [0.05, 0.1) is 18.0 Å². The van der Waals surface area contributed by atoms with E-state index in [1.807, 2.05) is 18.5 Å². The molecule has 0 aliphatic heterocycles. The fourth-order valence-electron chi connectivity index (χ4n) is 3.09. The summed E-state index contributed by atoms with van der Waals surface area (Å²) >= 11 is 1.68. The molecule has 0 radical (unpaired) electrons. The normalized spacial score (nSPS) is 21.3. The first kappa shape index (κ1) is 16.2. The van der Waals surface area contributed by atoms with Crippen molar-refractivity contribution in [2.75, 3.05) is 6.26 Å². The minimum absolute atomic E-state index is 0.101. The van der Waals surface area contributed by atoms with Crippen LogP contribution in [0.15, 0.2) is 28.9 Å².